The monoisotopic (exact) mass is 534 g/mol. The molecule has 1 aliphatic heterocycles. The zero-order valence-corrected chi connectivity index (χ0v) is 21.5. The van der Waals surface area contributed by atoms with E-state index in [1.54, 1.807) is 30.5 Å². The number of nitrogens with one attached hydrogen (secondary N) is 2. The largest absolute Gasteiger partial charge is 0.487 e. The minimum Gasteiger partial charge on any atom is -0.487 e. The normalized spacial score (nSPS) is 14.2. The summed E-state index contributed by atoms with van der Waals surface area (Å²) < 4.78 is 19.2. The molecule has 196 valence electrons. The fraction of sp³-hybridized carbons (Fsp3) is 0.250. The van der Waals surface area contributed by atoms with Crippen LogP contribution in [0.4, 0.5) is 15.9 Å². The molecule has 3 aromatic carbocycles. The molecular weight excluding hydrogens is 507 g/mol. The van der Waals surface area contributed by atoms with E-state index in [1.165, 1.54) is 18.5 Å². The lowest BCUT2D eigenvalue weighted by molar-refractivity contribution is 0.106. The van der Waals surface area contributed by atoms with Gasteiger partial charge in [0.1, 0.15) is 36.9 Å². The van der Waals surface area contributed by atoms with Crippen molar-refractivity contribution in [3.05, 3.63) is 89.0 Å². The quantitative estimate of drug-likeness (QED) is 0.168. The highest BCUT2D eigenvalue weighted by molar-refractivity contribution is 6.32. The molecule has 0 atom stereocenters. The SMILES string of the molecule is Fc1cccc(COc2ccc(Nc3ncnc4ccc(/C=N/OCCN5CCNCC5)cc34)cc2Cl)c1. The van der Waals surface area contributed by atoms with Gasteiger partial charge in [-0.25, -0.2) is 14.4 Å². The molecule has 5 rings (SSSR count). The topological polar surface area (TPSA) is 83.9 Å². The number of benzene rings is 3. The molecule has 1 aromatic heterocycles. The molecule has 0 spiro atoms. The zero-order valence-electron chi connectivity index (χ0n) is 20.7. The van der Waals surface area contributed by atoms with Crippen LogP contribution in [-0.2, 0) is 11.4 Å². The van der Waals surface area contributed by atoms with Gasteiger partial charge in [0.15, 0.2) is 0 Å². The second kappa shape index (κ2) is 12.6. The van der Waals surface area contributed by atoms with E-state index in [0.29, 0.717) is 23.2 Å². The van der Waals surface area contributed by atoms with Gasteiger partial charge >= 0.3 is 0 Å². The Balaban J connectivity index is 1.22. The van der Waals surface area contributed by atoms with Crippen LogP contribution in [0, 0.1) is 5.82 Å². The number of ether oxygens (including phenoxy) is 1. The van der Waals surface area contributed by atoms with Crippen molar-refractivity contribution in [1.29, 1.82) is 0 Å². The zero-order chi connectivity index (χ0) is 26.2. The predicted molar refractivity (Wildman–Crippen MR) is 148 cm³/mol. The molecule has 10 heteroatoms. The molecule has 38 heavy (non-hydrogen) atoms. The lowest BCUT2D eigenvalue weighted by Crippen LogP contribution is -2.44. The van der Waals surface area contributed by atoms with Crippen molar-refractivity contribution in [3.63, 3.8) is 0 Å². The number of anilines is 2. The summed E-state index contributed by atoms with van der Waals surface area (Å²) in [7, 11) is 0. The number of piperazine rings is 1. The van der Waals surface area contributed by atoms with Gasteiger partial charge in [0, 0.05) is 43.8 Å². The van der Waals surface area contributed by atoms with Crippen LogP contribution in [0.15, 0.2) is 72.1 Å². The first-order valence-corrected chi connectivity index (χ1v) is 12.8. The summed E-state index contributed by atoms with van der Waals surface area (Å²) in [6, 6.07) is 17.5. The van der Waals surface area contributed by atoms with Gasteiger partial charge in [-0.2, -0.15) is 0 Å². The van der Waals surface area contributed by atoms with Crippen LogP contribution in [0.5, 0.6) is 5.75 Å². The van der Waals surface area contributed by atoms with E-state index in [0.717, 1.165) is 60.4 Å². The van der Waals surface area contributed by atoms with E-state index < -0.39 is 0 Å². The Bertz CT molecular complexity index is 1410. The Morgan fingerprint density at radius 3 is 2.82 bits per heavy atom. The summed E-state index contributed by atoms with van der Waals surface area (Å²) in [5.41, 5.74) is 3.13. The Morgan fingerprint density at radius 1 is 1.08 bits per heavy atom. The molecule has 1 saturated heterocycles. The Kier molecular flexibility index (Phi) is 8.60. The van der Waals surface area contributed by atoms with Gasteiger partial charge in [0.25, 0.3) is 0 Å². The first-order chi connectivity index (χ1) is 18.6. The summed E-state index contributed by atoms with van der Waals surface area (Å²) in [4.78, 5) is 16.6. The third-order valence-electron chi connectivity index (χ3n) is 6.12. The number of halogens is 2. The van der Waals surface area contributed by atoms with Gasteiger partial charge in [-0.15, -0.1) is 0 Å². The van der Waals surface area contributed by atoms with Crippen LogP contribution < -0.4 is 15.4 Å². The average molecular weight is 535 g/mol. The number of rotatable bonds is 10. The summed E-state index contributed by atoms with van der Waals surface area (Å²) in [6.45, 7) is 5.70. The Labute approximate surface area is 225 Å². The van der Waals surface area contributed by atoms with E-state index in [9.17, 15) is 4.39 Å². The second-order valence-corrected chi connectivity index (χ2v) is 9.25. The molecule has 4 aromatic rings. The molecule has 0 unspecified atom stereocenters. The number of fused-ring (bicyclic) bond motifs is 1. The molecule has 0 bridgehead atoms. The lowest BCUT2D eigenvalue weighted by Gasteiger charge is -2.26. The second-order valence-electron chi connectivity index (χ2n) is 8.85. The minimum atomic E-state index is -0.304. The highest BCUT2D eigenvalue weighted by atomic mass is 35.5. The molecule has 0 aliphatic carbocycles. The molecule has 8 nitrogen and oxygen atoms in total. The van der Waals surface area contributed by atoms with Crippen LogP contribution in [0.2, 0.25) is 5.02 Å². The van der Waals surface area contributed by atoms with E-state index >= 15 is 0 Å². The van der Waals surface area contributed by atoms with Crippen LogP contribution >= 0.6 is 11.6 Å². The third kappa shape index (κ3) is 6.95. The van der Waals surface area contributed by atoms with Crippen LogP contribution in [0.3, 0.4) is 0 Å². The van der Waals surface area contributed by atoms with Crippen molar-refractivity contribution >= 4 is 40.2 Å². The summed E-state index contributed by atoms with van der Waals surface area (Å²) in [6.07, 6.45) is 3.20. The molecule has 1 aliphatic rings. The van der Waals surface area contributed by atoms with Crippen LogP contribution in [-0.4, -0.2) is 60.4 Å². The van der Waals surface area contributed by atoms with Crippen molar-refractivity contribution in [1.82, 2.24) is 20.2 Å². The van der Waals surface area contributed by atoms with Crippen molar-refractivity contribution < 1.29 is 14.0 Å². The number of hydrogen-bond donors (Lipinski definition) is 2. The first kappa shape index (κ1) is 25.8. The lowest BCUT2D eigenvalue weighted by atomic mass is 10.1. The number of aromatic nitrogens is 2. The number of oxime groups is 1. The molecule has 2 heterocycles. The van der Waals surface area contributed by atoms with Crippen molar-refractivity contribution in [3.8, 4) is 5.75 Å². The van der Waals surface area contributed by atoms with Gasteiger partial charge in [0.2, 0.25) is 0 Å². The summed E-state index contributed by atoms with van der Waals surface area (Å²) >= 11 is 6.46. The Morgan fingerprint density at radius 2 is 1.97 bits per heavy atom. The minimum absolute atomic E-state index is 0.213. The van der Waals surface area contributed by atoms with Crippen molar-refractivity contribution in [2.24, 2.45) is 5.16 Å². The standard InChI is InChI=1S/C28H28ClFN6O2/c29-25-16-23(5-7-27(25)37-18-21-2-1-3-22(30)14-21)35-28-24-15-20(4-6-26(24)32-19-33-28)17-34-38-13-12-36-10-8-31-9-11-36/h1-7,14-17,19,31H,8-13,18H2,(H,32,33,35)/b34-17+. The van der Waals surface area contributed by atoms with Gasteiger partial charge in [-0.1, -0.05) is 35.0 Å². The van der Waals surface area contributed by atoms with Crippen molar-refractivity contribution in [2.75, 3.05) is 44.6 Å². The Hall–Kier alpha value is -3.79. The van der Waals surface area contributed by atoms with Crippen LogP contribution in [0.25, 0.3) is 10.9 Å². The van der Waals surface area contributed by atoms with Gasteiger partial charge in [-0.3, -0.25) is 4.90 Å². The highest BCUT2D eigenvalue weighted by Crippen LogP contribution is 2.31. The molecule has 0 amide bonds. The van der Waals surface area contributed by atoms with E-state index in [1.807, 2.05) is 24.3 Å². The fourth-order valence-corrected chi connectivity index (χ4v) is 4.36. The van der Waals surface area contributed by atoms with Crippen LogP contribution in [0.1, 0.15) is 11.1 Å². The van der Waals surface area contributed by atoms with Gasteiger partial charge in [0.05, 0.1) is 16.8 Å². The van der Waals surface area contributed by atoms with E-state index in [-0.39, 0.29) is 12.4 Å². The third-order valence-corrected chi connectivity index (χ3v) is 6.42. The molecule has 1 fully saturated rings. The summed E-state index contributed by atoms with van der Waals surface area (Å²) in [5.74, 6) is 0.834. The van der Waals surface area contributed by atoms with E-state index in [2.05, 4.69) is 30.7 Å². The number of hydrogen-bond acceptors (Lipinski definition) is 8. The van der Waals surface area contributed by atoms with Crippen molar-refractivity contribution in [2.45, 2.75) is 6.61 Å². The maximum Gasteiger partial charge on any atom is 0.141 e. The summed E-state index contributed by atoms with van der Waals surface area (Å²) in [5, 5.41) is 12.0. The van der Waals surface area contributed by atoms with E-state index in [4.69, 9.17) is 21.2 Å². The first-order valence-electron chi connectivity index (χ1n) is 12.4. The van der Waals surface area contributed by atoms with Gasteiger partial charge < -0.3 is 20.2 Å². The smallest absolute Gasteiger partial charge is 0.141 e. The highest BCUT2D eigenvalue weighted by Gasteiger charge is 2.10. The maximum absolute atomic E-state index is 13.4. The molecule has 0 radical (unpaired) electrons. The van der Waals surface area contributed by atoms with Gasteiger partial charge in [-0.05, 0) is 53.6 Å². The maximum atomic E-state index is 13.4. The number of nitrogens with zero attached hydrogens (tertiary/aromatic N) is 4. The predicted octanol–water partition coefficient (Wildman–Crippen LogP) is 5.00. The fourth-order valence-electron chi connectivity index (χ4n) is 4.13. The molecule has 0 saturated carbocycles. The average Bonchev–Trinajstić information content (AvgIpc) is 2.93. The molecular formula is C28H28ClFN6O2. The molecule has 2 N–H and O–H groups in total.